The second-order valence-corrected chi connectivity index (χ2v) is 7.95. The monoisotopic (exact) mass is 344 g/mol. The largest absolute Gasteiger partial charge is 0.393 e. The Labute approximate surface area is 144 Å². The molecule has 0 spiro atoms. The van der Waals surface area contributed by atoms with Crippen molar-refractivity contribution in [2.75, 3.05) is 0 Å². The van der Waals surface area contributed by atoms with Crippen LogP contribution in [0.1, 0.15) is 44.9 Å². The smallest absolute Gasteiger partial charge is 0.332 e. The molecule has 2 heterocycles. The molecule has 0 saturated heterocycles. The molecule has 4 aliphatic carbocycles. The number of aromatic amines is 1. The number of aryl methyl sites for hydroxylation is 1. The van der Waals surface area contributed by atoms with E-state index in [-0.39, 0.29) is 29.2 Å². The van der Waals surface area contributed by atoms with Crippen molar-refractivity contribution in [3.63, 3.8) is 0 Å². The van der Waals surface area contributed by atoms with Crippen molar-refractivity contribution in [3.8, 4) is 0 Å². The zero-order valence-corrected chi connectivity index (χ0v) is 14.6. The summed E-state index contributed by atoms with van der Waals surface area (Å²) in [5.74, 6) is 2.82. The van der Waals surface area contributed by atoms with E-state index in [1.807, 2.05) is 13.8 Å². The second kappa shape index (κ2) is 5.06. The van der Waals surface area contributed by atoms with Crippen molar-refractivity contribution in [3.05, 3.63) is 26.7 Å². The molecule has 4 saturated carbocycles. The van der Waals surface area contributed by atoms with Crippen molar-refractivity contribution < 1.29 is 5.11 Å². The highest BCUT2D eigenvalue weighted by atomic mass is 16.3. The lowest BCUT2D eigenvalue weighted by Gasteiger charge is -2.14. The molecule has 4 aliphatic rings. The van der Waals surface area contributed by atoms with E-state index >= 15 is 0 Å². The van der Waals surface area contributed by atoms with E-state index in [0.717, 1.165) is 25.1 Å². The average molecular weight is 344 g/mol. The van der Waals surface area contributed by atoms with E-state index in [4.69, 9.17) is 4.98 Å². The van der Waals surface area contributed by atoms with E-state index < -0.39 is 0 Å². The first-order valence-electron chi connectivity index (χ1n) is 9.49. The van der Waals surface area contributed by atoms with Gasteiger partial charge < -0.3 is 10.1 Å². The van der Waals surface area contributed by atoms with Gasteiger partial charge in [-0.3, -0.25) is 13.9 Å². The number of aliphatic hydroxyl groups excluding tert-OH is 1. The molecule has 0 amide bonds. The minimum absolute atomic E-state index is 0.210. The van der Waals surface area contributed by atoms with E-state index in [2.05, 4.69) is 4.98 Å². The van der Waals surface area contributed by atoms with Gasteiger partial charge in [-0.1, -0.05) is 13.8 Å². The van der Waals surface area contributed by atoms with Gasteiger partial charge in [-0.05, 0) is 42.9 Å². The predicted molar refractivity (Wildman–Crippen MR) is 92.5 cm³/mol. The van der Waals surface area contributed by atoms with Crippen LogP contribution < -0.4 is 11.2 Å². The van der Waals surface area contributed by atoms with Crippen molar-refractivity contribution >= 4 is 11.2 Å². The van der Waals surface area contributed by atoms with E-state index in [1.54, 1.807) is 4.57 Å². The summed E-state index contributed by atoms with van der Waals surface area (Å²) in [5, 5.41) is 10.3. The molecule has 6 rings (SSSR count). The zero-order chi connectivity index (χ0) is 17.5. The second-order valence-electron chi connectivity index (χ2n) is 7.95. The number of nitrogens with one attached hydrogen (secondary N) is 1. The summed E-state index contributed by atoms with van der Waals surface area (Å²) in [6, 6.07) is 0. The van der Waals surface area contributed by atoms with Crippen LogP contribution in [0.15, 0.2) is 9.59 Å². The minimum atomic E-state index is -0.272. The number of hydrogen-bond acceptors (Lipinski definition) is 4. The van der Waals surface area contributed by atoms with Crippen molar-refractivity contribution in [1.29, 1.82) is 0 Å². The number of rotatable bonds is 5. The predicted octanol–water partition coefficient (Wildman–Crippen LogP) is 1.05. The van der Waals surface area contributed by atoms with E-state index in [1.165, 1.54) is 4.57 Å². The molecule has 2 aromatic rings. The first kappa shape index (κ1) is 15.4. The van der Waals surface area contributed by atoms with Crippen LogP contribution in [0.3, 0.4) is 0 Å². The standard InChI is InChI=1S/C18H24N4O3/c1-3-5-21-16-13(17(24)22(6-4-2)18(21)25)19-15(20-16)12-9-7-8-10(12)11(8)14(9)23/h8-12,14,23H,3-7H2,1-2H3,(H,19,20). The fourth-order valence-electron chi connectivity index (χ4n) is 5.69. The molecule has 0 aromatic carbocycles. The SMILES string of the molecule is CCCn1c(=O)c2[nH]c(C3C4CC5C(C4O)C53)nc2n(CCC)c1=O. The number of H-pyrrole nitrogens is 1. The Bertz CT molecular complexity index is 971. The fourth-order valence-corrected chi connectivity index (χ4v) is 5.69. The fraction of sp³-hybridized carbons (Fsp3) is 0.722. The number of imidazole rings is 1. The zero-order valence-electron chi connectivity index (χ0n) is 14.6. The summed E-state index contributed by atoms with van der Waals surface area (Å²) in [7, 11) is 0. The van der Waals surface area contributed by atoms with Gasteiger partial charge in [-0.25, -0.2) is 9.78 Å². The van der Waals surface area contributed by atoms with Gasteiger partial charge in [0.15, 0.2) is 5.65 Å². The van der Waals surface area contributed by atoms with Gasteiger partial charge >= 0.3 is 5.69 Å². The number of aromatic nitrogens is 4. The molecule has 25 heavy (non-hydrogen) atoms. The summed E-state index contributed by atoms with van der Waals surface area (Å²) >= 11 is 0. The summed E-state index contributed by atoms with van der Waals surface area (Å²) < 4.78 is 2.95. The van der Waals surface area contributed by atoms with Gasteiger partial charge in [0.05, 0.1) is 6.10 Å². The number of hydrogen-bond donors (Lipinski definition) is 2. The Kier molecular flexibility index (Phi) is 3.11. The lowest BCUT2D eigenvalue weighted by Crippen LogP contribution is -2.40. The molecular weight excluding hydrogens is 320 g/mol. The van der Waals surface area contributed by atoms with Crippen molar-refractivity contribution in [2.24, 2.45) is 23.7 Å². The Balaban J connectivity index is 1.69. The van der Waals surface area contributed by atoms with Crippen LogP contribution in [0.5, 0.6) is 0 Å². The normalized spacial score (nSPS) is 35.0. The molecule has 0 radical (unpaired) electrons. The first-order chi connectivity index (χ1) is 12.1. The van der Waals surface area contributed by atoms with Gasteiger partial charge in [0.1, 0.15) is 11.3 Å². The lowest BCUT2D eigenvalue weighted by atomic mass is 9.96. The molecule has 6 atom stereocenters. The lowest BCUT2D eigenvalue weighted by molar-refractivity contribution is 0.130. The van der Waals surface area contributed by atoms with Gasteiger partial charge in [0, 0.05) is 19.0 Å². The molecule has 2 N–H and O–H groups in total. The molecule has 6 unspecified atom stereocenters. The number of nitrogens with zero attached hydrogens (tertiary/aromatic N) is 3. The summed E-state index contributed by atoms with van der Waals surface area (Å²) in [5.41, 5.74) is 0.382. The van der Waals surface area contributed by atoms with Crippen LogP contribution in [0.4, 0.5) is 0 Å². The highest BCUT2D eigenvalue weighted by molar-refractivity contribution is 5.70. The molecule has 4 bridgehead atoms. The minimum Gasteiger partial charge on any atom is -0.393 e. The molecule has 0 aliphatic heterocycles. The van der Waals surface area contributed by atoms with Crippen LogP contribution in [-0.2, 0) is 13.1 Å². The summed E-state index contributed by atoms with van der Waals surface area (Å²) in [4.78, 5) is 33.5. The third-order valence-corrected chi connectivity index (χ3v) is 6.64. The average Bonchev–Trinajstić information content (AvgIpc) is 2.97. The van der Waals surface area contributed by atoms with E-state index in [0.29, 0.717) is 42.0 Å². The third kappa shape index (κ3) is 1.82. The highest BCUT2D eigenvalue weighted by Gasteiger charge is 2.74. The van der Waals surface area contributed by atoms with Crippen LogP contribution in [0.2, 0.25) is 0 Å². The van der Waals surface area contributed by atoms with Gasteiger partial charge in [-0.2, -0.15) is 0 Å². The summed E-state index contributed by atoms with van der Waals surface area (Å²) in [6.45, 7) is 4.94. The number of fused-ring (bicyclic) bond motifs is 1. The van der Waals surface area contributed by atoms with Crippen molar-refractivity contribution in [2.45, 2.75) is 58.2 Å². The van der Waals surface area contributed by atoms with Crippen molar-refractivity contribution in [1.82, 2.24) is 19.1 Å². The molecular formula is C18H24N4O3. The highest BCUT2D eigenvalue weighted by Crippen LogP contribution is 2.75. The Morgan fingerprint density at radius 2 is 1.84 bits per heavy atom. The topological polar surface area (TPSA) is 92.9 Å². The van der Waals surface area contributed by atoms with Crippen LogP contribution >= 0.6 is 0 Å². The van der Waals surface area contributed by atoms with Gasteiger partial charge in [0.25, 0.3) is 5.56 Å². The third-order valence-electron chi connectivity index (χ3n) is 6.64. The maximum atomic E-state index is 12.8. The Morgan fingerprint density at radius 1 is 1.12 bits per heavy atom. The van der Waals surface area contributed by atoms with Crippen LogP contribution in [0.25, 0.3) is 11.2 Å². The van der Waals surface area contributed by atoms with Gasteiger partial charge in [0.2, 0.25) is 0 Å². The molecule has 2 aromatic heterocycles. The molecule has 7 heteroatoms. The first-order valence-corrected chi connectivity index (χ1v) is 9.49. The van der Waals surface area contributed by atoms with Crippen LogP contribution in [0, 0.1) is 23.7 Å². The quantitative estimate of drug-likeness (QED) is 0.848. The van der Waals surface area contributed by atoms with Gasteiger partial charge in [-0.15, -0.1) is 0 Å². The maximum Gasteiger partial charge on any atom is 0.332 e. The summed E-state index contributed by atoms with van der Waals surface area (Å²) in [6.07, 6.45) is 2.39. The molecule has 134 valence electrons. The molecule has 4 fully saturated rings. The Morgan fingerprint density at radius 3 is 2.40 bits per heavy atom. The van der Waals surface area contributed by atoms with Crippen LogP contribution in [-0.4, -0.2) is 30.3 Å². The Hall–Kier alpha value is -1.89. The number of aliphatic hydroxyl groups is 1. The molecule has 7 nitrogen and oxygen atoms in total. The van der Waals surface area contributed by atoms with E-state index in [9.17, 15) is 14.7 Å². The maximum absolute atomic E-state index is 12.8.